The number of benzene rings is 1. The Morgan fingerprint density at radius 3 is 2.74 bits per heavy atom. The Kier molecular flexibility index (Phi) is 3.93. The second kappa shape index (κ2) is 5.47. The maximum Gasteiger partial charge on any atom is 0.315 e. The summed E-state index contributed by atoms with van der Waals surface area (Å²) in [6, 6.07) is 5.83. The van der Waals surface area contributed by atoms with Crippen molar-refractivity contribution in [3.63, 3.8) is 0 Å². The van der Waals surface area contributed by atoms with E-state index in [2.05, 4.69) is 24.1 Å². The fourth-order valence-corrected chi connectivity index (χ4v) is 2.78. The predicted molar refractivity (Wildman–Crippen MR) is 77.8 cm³/mol. The highest BCUT2D eigenvalue weighted by atomic mass is 16.6. The van der Waals surface area contributed by atoms with E-state index >= 15 is 0 Å². The predicted octanol–water partition coefficient (Wildman–Crippen LogP) is 3.26. The van der Waals surface area contributed by atoms with Crippen molar-refractivity contribution < 1.29 is 4.92 Å². The number of nitro groups is 1. The molecule has 104 valence electrons. The summed E-state index contributed by atoms with van der Waals surface area (Å²) in [4.78, 5) is 13.3. The van der Waals surface area contributed by atoms with Gasteiger partial charge in [-0.05, 0) is 37.8 Å². The molecule has 0 bridgehead atoms. The van der Waals surface area contributed by atoms with Gasteiger partial charge < -0.3 is 10.2 Å². The molecule has 2 unspecified atom stereocenters. The molecule has 2 atom stereocenters. The molecule has 1 fully saturated rings. The fraction of sp³-hybridized carbons (Fsp3) is 0.571. The normalized spacial score (nSPS) is 23.2. The van der Waals surface area contributed by atoms with Crippen molar-refractivity contribution in [2.75, 3.05) is 23.8 Å². The second-order valence-electron chi connectivity index (χ2n) is 5.36. The van der Waals surface area contributed by atoms with Gasteiger partial charge in [-0.1, -0.05) is 13.0 Å². The van der Waals surface area contributed by atoms with Gasteiger partial charge in [0.05, 0.1) is 4.92 Å². The van der Waals surface area contributed by atoms with Crippen LogP contribution >= 0.6 is 0 Å². The standard InChI is InChI=1S/C14H21N3O2/c1-10-7-8-11(2)16(9-10)13-6-4-5-12(15-3)14(13)17(18)19/h4-6,10-11,15H,7-9H2,1-3H3. The zero-order chi connectivity index (χ0) is 14.0. The van der Waals surface area contributed by atoms with Gasteiger partial charge in [0.1, 0.15) is 11.4 Å². The minimum absolute atomic E-state index is 0.186. The molecule has 0 radical (unpaired) electrons. The Morgan fingerprint density at radius 2 is 2.11 bits per heavy atom. The molecular weight excluding hydrogens is 242 g/mol. The van der Waals surface area contributed by atoms with E-state index in [0.717, 1.165) is 18.7 Å². The van der Waals surface area contributed by atoms with Gasteiger partial charge in [-0.3, -0.25) is 10.1 Å². The molecule has 1 heterocycles. The van der Waals surface area contributed by atoms with E-state index in [1.807, 2.05) is 12.1 Å². The molecule has 5 heteroatoms. The van der Waals surface area contributed by atoms with Gasteiger partial charge in [0.15, 0.2) is 0 Å². The fourth-order valence-electron chi connectivity index (χ4n) is 2.78. The minimum Gasteiger partial charge on any atom is -0.382 e. The van der Waals surface area contributed by atoms with Crippen LogP contribution in [0, 0.1) is 16.0 Å². The Bertz CT molecular complexity index is 476. The molecule has 2 rings (SSSR count). The van der Waals surface area contributed by atoms with Crippen LogP contribution in [0.25, 0.3) is 0 Å². The quantitative estimate of drug-likeness (QED) is 0.671. The van der Waals surface area contributed by atoms with Crippen molar-refractivity contribution in [1.29, 1.82) is 0 Å². The number of nitrogens with zero attached hydrogens (tertiary/aromatic N) is 2. The van der Waals surface area contributed by atoms with Gasteiger partial charge in [0.2, 0.25) is 0 Å². The zero-order valence-electron chi connectivity index (χ0n) is 11.7. The van der Waals surface area contributed by atoms with Crippen molar-refractivity contribution in [2.45, 2.75) is 32.7 Å². The smallest absolute Gasteiger partial charge is 0.315 e. The van der Waals surface area contributed by atoms with Gasteiger partial charge in [-0.25, -0.2) is 0 Å². The van der Waals surface area contributed by atoms with Gasteiger partial charge in [-0.15, -0.1) is 0 Å². The molecule has 5 nitrogen and oxygen atoms in total. The molecule has 1 N–H and O–H groups in total. The first-order valence-electron chi connectivity index (χ1n) is 6.76. The molecule has 1 aliphatic heterocycles. The molecule has 0 spiro atoms. The number of para-hydroxylation sites is 1. The van der Waals surface area contributed by atoms with Crippen LogP contribution in [0.5, 0.6) is 0 Å². The monoisotopic (exact) mass is 263 g/mol. The first-order valence-corrected chi connectivity index (χ1v) is 6.76. The van der Waals surface area contributed by atoms with Crippen LogP contribution in [-0.2, 0) is 0 Å². The van der Waals surface area contributed by atoms with Crippen molar-refractivity contribution >= 4 is 17.1 Å². The van der Waals surface area contributed by atoms with Gasteiger partial charge >= 0.3 is 5.69 Å². The van der Waals surface area contributed by atoms with E-state index in [1.54, 1.807) is 13.1 Å². The summed E-state index contributed by atoms with van der Waals surface area (Å²) in [6.45, 7) is 5.23. The second-order valence-corrected chi connectivity index (χ2v) is 5.36. The number of rotatable bonds is 3. The molecule has 1 aliphatic rings. The van der Waals surface area contributed by atoms with Crippen LogP contribution in [0.4, 0.5) is 17.1 Å². The molecule has 1 saturated heterocycles. The molecule has 1 aromatic rings. The van der Waals surface area contributed by atoms with Gasteiger partial charge in [0.25, 0.3) is 0 Å². The summed E-state index contributed by atoms with van der Waals surface area (Å²) in [7, 11) is 1.72. The van der Waals surface area contributed by atoms with Crippen molar-refractivity contribution in [2.24, 2.45) is 5.92 Å². The summed E-state index contributed by atoms with van der Waals surface area (Å²) in [5.74, 6) is 0.578. The molecule has 1 aromatic carbocycles. The first-order chi connectivity index (χ1) is 9.04. The van der Waals surface area contributed by atoms with E-state index in [9.17, 15) is 10.1 Å². The lowest BCUT2D eigenvalue weighted by Gasteiger charge is -2.38. The van der Waals surface area contributed by atoms with Crippen LogP contribution in [0.3, 0.4) is 0 Å². The van der Waals surface area contributed by atoms with Crippen LogP contribution in [0.2, 0.25) is 0 Å². The minimum atomic E-state index is -0.285. The van der Waals surface area contributed by atoms with E-state index in [4.69, 9.17) is 0 Å². The van der Waals surface area contributed by atoms with E-state index < -0.39 is 0 Å². The molecule has 0 saturated carbocycles. The summed E-state index contributed by atoms with van der Waals surface area (Å²) < 4.78 is 0. The summed E-state index contributed by atoms with van der Waals surface area (Å²) in [6.07, 6.45) is 2.28. The molecule has 0 aromatic heterocycles. The van der Waals surface area contributed by atoms with E-state index in [0.29, 0.717) is 17.6 Å². The summed E-state index contributed by atoms with van der Waals surface area (Å²) in [5, 5.41) is 14.3. The Balaban J connectivity index is 2.46. The van der Waals surface area contributed by atoms with Crippen molar-refractivity contribution in [3.8, 4) is 0 Å². The molecular formula is C14H21N3O2. The van der Waals surface area contributed by atoms with Gasteiger partial charge in [0, 0.05) is 19.6 Å². The summed E-state index contributed by atoms with van der Waals surface area (Å²) >= 11 is 0. The lowest BCUT2D eigenvalue weighted by molar-refractivity contribution is -0.383. The largest absolute Gasteiger partial charge is 0.382 e. The highest BCUT2D eigenvalue weighted by Gasteiger charge is 2.29. The Hall–Kier alpha value is -1.78. The number of anilines is 2. The Morgan fingerprint density at radius 1 is 1.37 bits per heavy atom. The average molecular weight is 263 g/mol. The van der Waals surface area contributed by atoms with Crippen LogP contribution in [-0.4, -0.2) is 24.6 Å². The van der Waals surface area contributed by atoms with E-state index in [-0.39, 0.29) is 10.6 Å². The highest BCUT2D eigenvalue weighted by Crippen LogP contribution is 2.38. The zero-order valence-corrected chi connectivity index (χ0v) is 11.7. The van der Waals surface area contributed by atoms with E-state index in [1.165, 1.54) is 6.42 Å². The lowest BCUT2D eigenvalue weighted by atomic mass is 9.94. The average Bonchev–Trinajstić information content (AvgIpc) is 2.40. The maximum absolute atomic E-state index is 11.4. The number of hydrogen-bond donors (Lipinski definition) is 1. The number of piperidine rings is 1. The Labute approximate surface area is 113 Å². The summed E-state index contributed by atoms with van der Waals surface area (Å²) in [5.41, 5.74) is 1.50. The van der Waals surface area contributed by atoms with Crippen LogP contribution in [0.1, 0.15) is 26.7 Å². The third-order valence-electron chi connectivity index (χ3n) is 3.89. The highest BCUT2D eigenvalue weighted by molar-refractivity contribution is 5.77. The van der Waals surface area contributed by atoms with Gasteiger partial charge in [-0.2, -0.15) is 0 Å². The number of nitrogens with one attached hydrogen (secondary N) is 1. The SMILES string of the molecule is CNc1cccc(N2CC(C)CCC2C)c1[N+](=O)[O-]. The lowest BCUT2D eigenvalue weighted by Crippen LogP contribution is -2.41. The maximum atomic E-state index is 11.4. The van der Waals surface area contributed by atoms with Crippen molar-refractivity contribution in [3.05, 3.63) is 28.3 Å². The molecule has 0 amide bonds. The number of nitro benzene ring substituents is 1. The third kappa shape index (κ3) is 2.64. The van der Waals surface area contributed by atoms with Crippen LogP contribution in [0.15, 0.2) is 18.2 Å². The van der Waals surface area contributed by atoms with Crippen LogP contribution < -0.4 is 10.2 Å². The van der Waals surface area contributed by atoms with Crippen molar-refractivity contribution in [1.82, 2.24) is 0 Å². The molecule has 19 heavy (non-hydrogen) atoms. The molecule has 0 aliphatic carbocycles. The topological polar surface area (TPSA) is 58.4 Å². The first kappa shape index (κ1) is 13.6. The number of hydrogen-bond acceptors (Lipinski definition) is 4. The third-order valence-corrected chi connectivity index (χ3v) is 3.89.